The first-order valence-electron chi connectivity index (χ1n) is 9.06. The number of aliphatic hydroxyl groups is 4. The fourth-order valence-corrected chi connectivity index (χ4v) is 3.60. The molecule has 29 heavy (non-hydrogen) atoms. The third kappa shape index (κ3) is 3.31. The summed E-state index contributed by atoms with van der Waals surface area (Å²) in [6.45, 7) is -0.554. The highest BCUT2D eigenvalue weighted by Gasteiger charge is 2.44. The van der Waals surface area contributed by atoms with E-state index in [0.29, 0.717) is 16.7 Å². The van der Waals surface area contributed by atoms with Crippen LogP contribution in [0.3, 0.4) is 0 Å². The fraction of sp³-hybridized carbons (Fsp3) is 0.286. The van der Waals surface area contributed by atoms with Gasteiger partial charge in [-0.2, -0.15) is 0 Å². The van der Waals surface area contributed by atoms with Gasteiger partial charge in [0.25, 0.3) is 0 Å². The predicted octanol–water partition coefficient (Wildman–Crippen LogP) is 0.680. The van der Waals surface area contributed by atoms with Gasteiger partial charge in [0.1, 0.15) is 48.1 Å². The van der Waals surface area contributed by atoms with Gasteiger partial charge < -0.3 is 34.7 Å². The second-order valence-electron chi connectivity index (χ2n) is 7.00. The number of para-hydroxylation sites is 1. The summed E-state index contributed by atoms with van der Waals surface area (Å²) in [4.78, 5) is 13.0. The Bertz CT molecular complexity index is 1070. The van der Waals surface area contributed by atoms with Crippen LogP contribution in [0.15, 0.2) is 57.9 Å². The van der Waals surface area contributed by atoms with Crippen molar-refractivity contribution < 1.29 is 34.7 Å². The molecule has 8 nitrogen and oxygen atoms in total. The summed E-state index contributed by atoms with van der Waals surface area (Å²) >= 11 is 0. The molecule has 2 aromatic carbocycles. The third-order valence-corrected chi connectivity index (χ3v) is 5.21. The number of hydrogen-bond donors (Lipinski definition) is 5. The molecule has 0 bridgehead atoms. The SMILES string of the molecule is O=c1c(-c2ccc(O)cc2)coc2c(C3OC(CO)C(O)C(O)C3O)cccc12. The lowest BCUT2D eigenvalue weighted by Crippen LogP contribution is -2.55. The van der Waals surface area contributed by atoms with Crippen LogP contribution in [-0.4, -0.2) is 56.6 Å². The van der Waals surface area contributed by atoms with Crippen molar-refractivity contribution in [3.8, 4) is 16.9 Å². The van der Waals surface area contributed by atoms with Gasteiger partial charge in [0, 0.05) is 5.56 Å². The van der Waals surface area contributed by atoms with E-state index >= 15 is 0 Å². The van der Waals surface area contributed by atoms with Gasteiger partial charge in [-0.05, 0) is 23.8 Å². The highest BCUT2D eigenvalue weighted by Crippen LogP contribution is 2.36. The van der Waals surface area contributed by atoms with Gasteiger partial charge in [0.15, 0.2) is 0 Å². The van der Waals surface area contributed by atoms with E-state index in [0.717, 1.165) is 0 Å². The summed E-state index contributed by atoms with van der Waals surface area (Å²) in [7, 11) is 0. The summed E-state index contributed by atoms with van der Waals surface area (Å²) in [6.07, 6.45) is -5.41. The molecule has 0 amide bonds. The first kappa shape index (κ1) is 19.6. The molecule has 8 heteroatoms. The Balaban J connectivity index is 1.82. The number of hydrogen-bond acceptors (Lipinski definition) is 8. The molecule has 3 aromatic rings. The first-order valence-corrected chi connectivity index (χ1v) is 9.06. The monoisotopic (exact) mass is 400 g/mol. The first-order chi connectivity index (χ1) is 13.9. The normalized spacial score (nSPS) is 27.2. The van der Waals surface area contributed by atoms with Crippen LogP contribution in [0.25, 0.3) is 22.1 Å². The maximum atomic E-state index is 13.0. The van der Waals surface area contributed by atoms with Gasteiger partial charge in [-0.25, -0.2) is 0 Å². The third-order valence-electron chi connectivity index (χ3n) is 5.21. The highest BCUT2D eigenvalue weighted by atomic mass is 16.5. The van der Waals surface area contributed by atoms with E-state index in [4.69, 9.17) is 9.15 Å². The number of benzene rings is 2. The van der Waals surface area contributed by atoms with Gasteiger partial charge in [0.2, 0.25) is 5.43 Å². The minimum Gasteiger partial charge on any atom is -0.508 e. The zero-order chi connectivity index (χ0) is 20.7. The van der Waals surface area contributed by atoms with Crippen LogP contribution in [0.2, 0.25) is 0 Å². The molecule has 1 fully saturated rings. The smallest absolute Gasteiger partial charge is 0.200 e. The van der Waals surface area contributed by atoms with Crippen LogP contribution < -0.4 is 5.43 Å². The maximum Gasteiger partial charge on any atom is 0.200 e. The lowest BCUT2D eigenvalue weighted by atomic mass is 9.90. The van der Waals surface area contributed by atoms with E-state index in [1.807, 2.05) is 0 Å². The molecule has 0 saturated carbocycles. The summed E-state index contributed by atoms with van der Waals surface area (Å²) in [6, 6.07) is 10.9. The van der Waals surface area contributed by atoms with Crippen molar-refractivity contribution in [3.63, 3.8) is 0 Å². The molecule has 1 saturated heterocycles. The Labute approximate surface area is 164 Å². The summed E-state index contributed by atoms with van der Waals surface area (Å²) in [5.41, 5.74) is 1.03. The highest BCUT2D eigenvalue weighted by molar-refractivity contribution is 5.84. The van der Waals surface area contributed by atoms with E-state index in [1.54, 1.807) is 30.3 Å². The van der Waals surface area contributed by atoms with Gasteiger partial charge in [-0.1, -0.05) is 24.3 Å². The van der Waals surface area contributed by atoms with Crippen molar-refractivity contribution in [1.29, 1.82) is 0 Å². The molecular weight excluding hydrogens is 380 g/mol. The lowest BCUT2D eigenvalue weighted by Gasteiger charge is -2.40. The van der Waals surface area contributed by atoms with Crippen molar-refractivity contribution in [2.75, 3.05) is 6.61 Å². The van der Waals surface area contributed by atoms with Crippen LogP contribution in [0.5, 0.6) is 5.75 Å². The number of aromatic hydroxyl groups is 1. The van der Waals surface area contributed by atoms with Crippen LogP contribution in [0, 0.1) is 0 Å². The van der Waals surface area contributed by atoms with Crippen molar-refractivity contribution in [2.45, 2.75) is 30.5 Å². The number of fused-ring (bicyclic) bond motifs is 1. The molecule has 4 rings (SSSR count). The lowest BCUT2D eigenvalue weighted by molar-refractivity contribution is -0.231. The van der Waals surface area contributed by atoms with Gasteiger partial charge >= 0.3 is 0 Å². The molecular formula is C21H20O8. The number of phenols is 1. The van der Waals surface area contributed by atoms with Crippen LogP contribution in [0.1, 0.15) is 11.7 Å². The second kappa shape index (κ2) is 7.58. The van der Waals surface area contributed by atoms with E-state index in [2.05, 4.69) is 0 Å². The number of rotatable bonds is 3. The number of ether oxygens (including phenoxy) is 1. The predicted molar refractivity (Wildman–Crippen MR) is 102 cm³/mol. The van der Waals surface area contributed by atoms with E-state index in [-0.39, 0.29) is 22.1 Å². The molecule has 0 spiro atoms. The Morgan fingerprint density at radius 2 is 1.66 bits per heavy atom. The van der Waals surface area contributed by atoms with Crippen molar-refractivity contribution >= 4 is 11.0 Å². The Morgan fingerprint density at radius 1 is 0.931 bits per heavy atom. The van der Waals surface area contributed by atoms with E-state index in [1.165, 1.54) is 18.4 Å². The van der Waals surface area contributed by atoms with Crippen LogP contribution in [-0.2, 0) is 4.74 Å². The molecule has 1 aliphatic heterocycles. The molecule has 5 N–H and O–H groups in total. The Morgan fingerprint density at radius 3 is 2.34 bits per heavy atom. The topological polar surface area (TPSA) is 141 Å². The van der Waals surface area contributed by atoms with E-state index < -0.39 is 37.1 Å². The number of phenolic OH excluding ortho intramolecular Hbond substituents is 1. The zero-order valence-electron chi connectivity index (χ0n) is 15.2. The van der Waals surface area contributed by atoms with Gasteiger partial charge in [-0.15, -0.1) is 0 Å². The minimum atomic E-state index is -1.54. The summed E-state index contributed by atoms with van der Waals surface area (Å²) < 4.78 is 11.3. The summed E-state index contributed by atoms with van der Waals surface area (Å²) in [5, 5.41) is 49.5. The molecule has 2 heterocycles. The molecule has 1 aliphatic rings. The molecule has 0 aliphatic carbocycles. The molecule has 5 atom stereocenters. The molecule has 1 aromatic heterocycles. The van der Waals surface area contributed by atoms with Crippen LogP contribution in [0.4, 0.5) is 0 Å². The van der Waals surface area contributed by atoms with Crippen molar-refractivity contribution in [3.05, 3.63) is 64.5 Å². The van der Waals surface area contributed by atoms with Gasteiger partial charge in [0.05, 0.1) is 17.6 Å². The Kier molecular flexibility index (Phi) is 5.12. The zero-order valence-corrected chi connectivity index (χ0v) is 15.2. The standard InChI is InChI=1S/C21H20O8/c22-8-15-17(25)18(26)19(27)21(29-15)13-3-1-2-12-16(24)14(9-28-20(12)13)10-4-6-11(23)7-5-10/h1-7,9,15,17-19,21-23,25-27H,8H2. The molecule has 152 valence electrons. The average molecular weight is 400 g/mol. The maximum absolute atomic E-state index is 13.0. The summed E-state index contributed by atoms with van der Waals surface area (Å²) in [5.74, 6) is 0.0730. The second-order valence-corrected chi connectivity index (χ2v) is 7.00. The average Bonchev–Trinajstić information content (AvgIpc) is 2.73. The van der Waals surface area contributed by atoms with E-state index in [9.17, 15) is 30.3 Å². The van der Waals surface area contributed by atoms with Gasteiger partial charge in [-0.3, -0.25) is 4.79 Å². The quantitative estimate of drug-likeness (QED) is 0.432. The molecule has 5 unspecified atom stereocenters. The minimum absolute atomic E-state index is 0.0730. The number of aliphatic hydroxyl groups excluding tert-OH is 4. The van der Waals surface area contributed by atoms with Crippen molar-refractivity contribution in [1.82, 2.24) is 0 Å². The van der Waals surface area contributed by atoms with Crippen LogP contribution >= 0.6 is 0 Å². The fourth-order valence-electron chi connectivity index (χ4n) is 3.60. The van der Waals surface area contributed by atoms with Crippen molar-refractivity contribution in [2.24, 2.45) is 0 Å². The molecule has 0 radical (unpaired) electrons. The largest absolute Gasteiger partial charge is 0.508 e. The Hall–Kier alpha value is -2.75.